The Morgan fingerprint density at radius 3 is 1.76 bits per heavy atom. The van der Waals surface area contributed by atoms with E-state index >= 15 is 0 Å². The molecule has 0 saturated carbocycles. The molecule has 29 heavy (non-hydrogen) atoms. The lowest BCUT2D eigenvalue weighted by Gasteiger charge is -2.44. The highest BCUT2D eigenvalue weighted by Gasteiger charge is 2.34. The van der Waals surface area contributed by atoms with Crippen molar-refractivity contribution in [2.75, 3.05) is 0 Å². The highest BCUT2D eigenvalue weighted by atomic mass is 32.3. The highest BCUT2D eigenvalue weighted by molar-refractivity contribution is 8.37. The largest absolute Gasteiger partial charge is 0.133 e. The van der Waals surface area contributed by atoms with E-state index in [1.807, 2.05) is 0 Å². The van der Waals surface area contributed by atoms with E-state index < -0.39 is 10.0 Å². The van der Waals surface area contributed by atoms with Crippen molar-refractivity contribution in [2.45, 2.75) is 53.7 Å². The maximum absolute atomic E-state index is 2.47. The molecule has 0 heterocycles. The molecule has 1 aliphatic carbocycles. The van der Waals surface area contributed by atoms with Crippen LogP contribution >= 0.6 is 10.0 Å². The summed E-state index contributed by atoms with van der Waals surface area (Å²) in [5.41, 5.74) is 1.50. The van der Waals surface area contributed by atoms with Gasteiger partial charge in [-0.1, -0.05) is 87.5 Å². The minimum absolute atomic E-state index is 0.116. The highest BCUT2D eigenvalue weighted by Crippen LogP contribution is 2.74. The second-order valence-corrected chi connectivity index (χ2v) is 11.7. The van der Waals surface area contributed by atoms with E-state index in [9.17, 15) is 0 Å². The van der Waals surface area contributed by atoms with Crippen LogP contribution in [0.1, 0.15) is 39.2 Å². The maximum atomic E-state index is 2.47. The molecular formula is C28H30S. The molecule has 0 saturated heterocycles. The Bertz CT molecular complexity index is 981. The molecule has 0 aromatic heterocycles. The summed E-state index contributed by atoms with van der Waals surface area (Å²) >= 11 is 0. The molecule has 0 aliphatic heterocycles. The van der Waals surface area contributed by atoms with Crippen LogP contribution in [0.25, 0.3) is 0 Å². The molecule has 0 amide bonds. The zero-order valence-corrected chi connectivity index (χ0v) is 18.5. The van der Waals surface area contributed by atoms with Gasteiger partial charge in [0.25, 0.3) is 0 Å². The van der Waals surface area contributed by atoms with Gasteiger partial charge in [-0.15, -0.1) is 10.0 Å². The van der Waals surface area contributed by atoms with E-state index in [-0.39, 0.29) is 5.41 Å². The summed E-state index contributed by atoms with van der Waals surface area (Å²) in [6.07, 6.45) is 9.43. The first-order chi connectivity index (χ1) is 14.0. The van der Waals surface area contributed by atoms with Gasteiger partial charge in [0, 0.05) is 14.7 Å². The number of rotatable bonds is 4. The van der Waals surface area contributed by atoms with Crippen LogP contribution in [0.5, 0.6) is 0 Å². The predicted octanol–water partition coefficient (Wildman–Crippen LogP) is 8.50. The fourth-order valence-electron chi connectivity index (χ4n) is 4.04. The Kier molecular flexibility index (Phi) is 5.52. The van der Waals surface area contributed by atoms with Gasteiger partial charge in [-0.05, 0) is 65.1 Å². The average Bonchev–Trinajstić information content (AvgIpc) is 2.76. The Morgan fingerprint density at radius 1 is 0.655 bits per heavy atom. The third kappa shape index (κ3) is 3.72. The van der Waals surface area contributed by atoms with Gasteiger partial charge in [0.15, 0.2) is 0 Å². The molecule has 4 rings (SSSR count). The smallest absolute Gasteiger partial charge is 0.00257 e. The topological polar surface area (TPSA) is 0 Å². The summed E-state index contributed by atoms with van der Waals surface area (Å²) in [5, 5.41) is 0. The number of hydrogen-bond donors (Lipinski definition) is 0. The zero-order chi connectivity index (χ0) is 20.3. The van der Waals surface area contributed by atoms with Crippen LogP contribution in [0.3, 0.4) is 0 Å². The van der Waals surface area contributed by atoms with E-state index in [1.54, 1.807) is 0 Å². The first-order valence-electron chi connectivity index (χ1n) is 10.4. The van der Waals surface area contributed by atoms with Crippen LogP contribution in [0.2, 0.25) is 0 Å². The summed E-state index contributed by atoms with van der Waals surface area (Å²) in [5.74, 6) is 0. The number of hydrogen-bond acceptors (Lipinski definition) is 0. The van der Waals surface area contributed by atoms with E-state index in [2.05, 4.69) is 124 Å². The fraction of sp³-hybridized carbons (Fsp3) is 0.214. The third-order valence-electron chi connectivity index (χ3n) is 5.56. The van der Waals surface area contributed by atoms with Crippen LogP contribution < -0.4 is 0 Å². The monoisotopic (exact) mass is 398 g/mol. The van der Waals surface area contributed by atoms with Crippen LogP contribution in [0.4, 0.5) is 0 Å². The predicted molar refractivity (Wildman–Crippen MR) is 127 cm³/mol. The third-order valence-corrected chi connectivity index (χ3v) is 9.49. The van der Waals surface area contributed by atoms with E-state index in [0.717, 1.165) is 12.8 Å². The Hall–Kier alpha value is -2.51. The van der Waals surface area contributed by atoms with E-state index in [4.69, 9.17) is 0 Å². The van der Waals surface area contributed by atoms with Gasteiger partial charge in [-0.3, -0.25) is 0 Å². The van der Waals surface area contributed by atoms with Crippen LogP contribution in [0.15, 0.2) is 123 Å². The van der Waals surface area contributed by atoms with Gasteiger partial charge in [-0.25, -0.2) is 0 Å². The lowest BCUT2D eigenvalue weighted by Crippen LogP contribution is -2.13. The average molecular weight is 399 g/mol. The molecule has 148 valence electrons. The van der Waals surface area contributed by atoms with E-state index in [0.29, 0.717) is 0 Å². The summed E-state index contributed by atoms with van der Waals surface area (Å²) in [4.78, 5) is 5.66. The Morgan fingerprint density at radius 2 is 1.24 bits per heavy atom. The molecule has 0 nitrogen and oxygen atoms in total. The van der Waals surface area contributed by atoms with Crippen molar-refractivity contribution in [1.82, 2.24) is 0 Å². The molecule has 0 radical (unpaired) electrons. The molecule has 0 spiro atoms. The maximum Gasteiger partial charge on any atom is 0.00257 e. The van der Waals surface area contributed by atoms with Crippen molar-refractivity contribution in [3.63, 3.8) is 0 Å². The van der Waals surface area contributed by atoms with Crippen molar-refractivity contribution in [3.8, 4) is 0 Å². The normalized spacial score (nSPS) is 15.1. The molecule has 0 N–H and O–H groups in total. The van der Waals surface area contributed by atoms with Crippen molar-refractivity contribution >= 4 is 10.0 Å². The molecular weight excluding hydrogens is 368 g/mol. The van der Waals surface area contributed by atoms with Gasteiger partial charge in [0.05, 0.1) is 0 Å². The van der Waals surface area contributed by atoms with Gasteiger partial charge < -0.3 is 0 Å². The summed E-state index contributed by atoms with van der Waals surface area (Å²) in [7, 11) is -1.54. The minimum Gasteiger partial charge on any atom is -0.133 e. The SMILES string of the molecule is CC(C)(C)c1cccc(S(C2=CCCC=C2)(c2ccccc2)c2ccccc2)c1. The van der Waals surface area contributed by atoms with Crippen molar-refractivity contribution < 1.29 is 0 Å². The summed E-state index contributed by atoms with van der Waals surface area (Å²) in [6, 6.07) is 31.5. The lowest BCUT2D eigenvalue weighted by atomic mass is 9.87. The van der Waals surface area contributed by atoms with Gasteiger partial charge in [0.2, 0.25) is 0 Å². The second kappa shape index (κ2) is 8.08. The lowest BCUT2D eigenvalue weighted by molar-refractivity contribution is 0.588. The van der Waals surface area contributed by atoms with Gasteiger partial charge in [-0.2, -0.15) is 0 Å². The standard InChI is InChI=1S/C28H30S/c1-28(2,3)23-14-13-21-27(22-23)29(24-15-7-4-8-16-24,25-17-9-5-10-18-25)26-19-11-6-12-20-26/h4-5,7-11,13-22H,6,12H2,1-3H3. The van der Waals surface area contributed by atoms with Crippen LogP contribution in [0, 0.1) is 0 Å². The first-order valence-corrected chi connectivity index (χ1v) is 12.1. The van der Waals surface area contributed by atoms with E-state index in [1.165, 1.54) is 25.2 Å². The Balaban J connectivity index is 2.09. The molecule has 0 fully saturated rings. The zero-order valence-electron chi connectivity index (χ0n) is 17.6. The quantitative estimate of drug-likeness (QED) is 0.413. The number of allylic oxidation sites excluding steroid dienone is 3. The summed E-state index contributed by atoms with van der Waals surface area (Å²) < 4.78 is 0. The molecule has 0 bridgehead atoms. The minimum atomic E-state index is -1.54. The Labute approximate surface area is 177 Å². The van der Waals surface area contributed by atoms with Crippen molar-refractivity contribution in [2.24, 2.45) is 0 Å². The molecule has 1 aliphatic rings. The molecule has 3 aromatic rings. The van der Waals surface area contributed by atoms with Crippen molar-refractivity contribution in [3.05, 3.63) is 114 Å². The second-order valence-electron chi connectivity index (χ2n) is 8.60. The number of benzene rings is 3. The van der Waals surface area contributed by atoms with Crippen LogP contribution in [-0.2, 0) is 5.41 Å². The molecule has 0 atom stereocenters. The van der Waals surface area contributed by atoms with Gasteiger partial charge in [0.1, 0.15) is 0 Å². The summed E-state index contributed by atoms with van der Waals surface area (Å²) in [6.45, 7) is 6.90. The molecule has 0 unspecified atom stereocenters. The van der Waals surface area contributed by atoms with Crippen molar-refractivity contribution in [1.29, 1.82) is 0 Å². The van der Waals surface area contributed by atoms with Gasteiger partial charge >= 0.3 is 0 Å². The first kappa shape index (κ1) is 19.8. The fourth-order valence-corrected chi connectivity index (χ4v) is 8.05. The molecule has 3 aromatic carbocycles. The molecule has 1 heteroatoms. The van der Waals surface area contributed by atoms with Crippen LogP contribution in [-0.4, -0.2) is 0 Å².